The van der Waals surface area contributed by atoms with Crippen molar-refractivity contribution in [2.45, 2.75) is 33.2 Å². The summed E-state index contributed by atoms with van der Waals surface area (Å²) in [6.45, 7) is 7.32. The van der Waals surface area contributed by atoms with Crippen molar-refractivity contribution in [3.05, 3.63) is 47.9 Å². The van der Waals surface area contributed by atoms with E-state index in [-0.39, 0.29) is 11.8 Å². The van der Waals surface area contributed by atoms with E-state index in [0.29, 0.717) is 18.2 Å². The molecule has 1 amide bonds. The van der Waals surface area contributed by atoms with Crippen LogP contribution in [0.3, 0.4) is 0 Å². The highest BCUT2D eigenvalue weighted by molar-refractivity contribution is 5.78. The highest BCUT2D eigenvalue weighted by Gasteiger charge is 2.19. The maximum absolute atomic E-state index is 12.4. The number of aromatic nitrogens is 2. The van der Waals surface area contributed by atoms with Crippen molar-refractivity contribution in [3.8, 4) is 11.6 Å². The Labute approximate surface area is 154 Å². The lowest BCUT2D eigenvalue weighted by Crippen LogP contribution is -2.36. The SMILES string of the molecule is Cc1ccc(Oc2ncccc2CNC(=O)[C@H](C)CN2CCCC2)cn1. The lowest BCUT2D eigenvalue weighted by atomic mass is 10.1. The molecule has 0 spiro atoms. The number of hydrogen-bond donors (Lipinski definition) is 1. The third-order valence-electron chi connectivity index (χ3n) is 4.58. The average molecular weight is 354 g/mol. The number of nitrogens with zero attached hydrogens (tertiary/aromatic N) is 3. The molecular formula is C20H26N4O2. The second kappa shape index (κ2) is 8.76. The quantitative estimate of drug-likeness (QED) is 0.828. The van der Waals surface area contributed by atoms with E-state index in [9.17, 15) is 4.79 Å². The van der Waals surface area contributed by atoms with Gasteiger partial charge in [0.25, 0.3) is 0 Å². The van der Waals surface area contributed by atoms with Crippen LogP contribution in [-0.2, 0) is 11.3 Å². The molecule has 0 bridgehead atoms. The summed E-state index contributed by atoms with van der Waals surface area (Å²) in [7, 11) is 0. The Morgan fingerprint density at radius 3 is 2.81 bits per heavy atom. The number of carbonyl (C=O) groups is 1. The van der Waals surface area contributed by atoms with Gasteiger partial charge in [-0.2, -0.15) is 0 Å². The maximum Gasteiger partial charge on any atom is 0.224 e. The van der Waals surface area contributed by atoms with Crippen molar-refractivity contribution in [1.82, 2.24) is 20.2 Å². The van der Waals surface area contributed by atoms with E-state index in [0.717, 1.165) is 30.9 Å². The van der Waals surface area contributed by atoms with E-state index < -0.39 is 0 Å². The van der Waals surface area contributed by atoms with Crippen LogP contribution in [0.1, 0.15) is 31.0 Å². The molecule has 1 saturated heterocycles. The molecule has 0 radical (unpaired) electrons. The van der Waals surface area contributed by atoms with Gasteiger partial charge in [0.15, 0.2) is 0 Å². The van der Waals surface area contributed by atoms with Crippen molar-refractivity contribution in [3.63, 3.8) is 0 Å². The van der Waals surface area contributed by atoms with E-state index in [1.807, 2.05) is 38.1 Å². The number of aryl methyl sites for hydroxylation is 1. The Hall–Kier alpha value is -2.47. The zero-order valence-corrected chi connectivity index (χ0v) is 15.4. The number of nitrogens with one attached hydrogen (secondary N) is 1. The van der Waals surface area contributed by atoms with Crippen molar-refractivity contribution in [1.29, 1.82) is 0 Å². The van der Waals surface area contributed by atoms with E-state index in [1.54, 1.807) is 12.4 Å². The first-order valence-electron chi connectivity index (χ1n) is 9.16. The number of pyridine rings is 2. The summed E-state index contributed by atoms with van der Waals surface area (Å²) < 4.78 is 5.83. The van der Waals surface area contributed by atoms with Gasteiger partial charge in [0.05, 0.1) is 6.20 Å². The molecule has 3 rings (SSSR count). The molecule has 2 aromatic rings. The number of amides is 1. The van der Waals surface area contributed by atoms with Gasteiger partial charge >= 0.3 is 0 Å². The van der Waals surface area contributed by atoms with Gasteiger partial charge in [-0.25, -0.2) is 4.98 Å². The molecule has 1 fully saturated rings. The standard InChI is InChI=1S/C20H26N4O2/c1-15(14-24-10-3-4-11-24)19(25)23-12-17-6-5-9-21-20(17)26-18-8-7-16(2)22-13-18/h5-9,13,15H,3-4,10-12,14H2,1-2H3,(H,23,25)/t15-/m1/s1. The molecule has 26 heavy (non-hydrogen) atoms. The minimum absolute atomic E-state index is 0.0320. The Kier molecular flexibility index (Phi) is 6.17. The summed E-state index contributed by atoms with van der Waals surface area (Å²) in [5.41, 5.74) is 1.77. The van der Waals surface area contributed by atoms with Gasteiger partial charge in [-0.1, -0.05) is 13.0 Å². The highest BCUT2D eigenvalue weighted by atomic mass is 16.5. The largest absolute Gasteiger partial charge is 0.437 e. The lowest BCUT2D eigenvalue weighted by Gasteiger charge is -2.20. The second-order valence-corrected chi connectivity index (χ2v) is 6.83. The molecule has 0 saturated carbocycles. The van der Waals surface area contributed by atoms with Gasteiger partial charge in [0, 0.05) is 36.5 Å². The molecule has 0 unspecified atom stereocenters. The van der Waals surface area contributed by atoms with Crippen LogP contribution in [0.25, 0.3) is 0 Å². The number of ether oxygens (including phenoxy) is 1. The van der Waals surface area contributed by atoms with Crippen LogP contribution in [0.15, 0.2) is 36.7 Å². The average Bonchev–Trinajstić information content (AvgIpc) is 3.15. The minimum Gasteiger partial charge on any atom is -0.437 e. The lowest BCUT2D eigenvalue weighted by molar-refractivity contribution is -0.125. The van der Waals surface area contributed by atoms with Crippen LogP contribution in [0.5, 0.6) is 11.6 Å². The Bertz CT molecular complexity index is 727. The first-order chi connectivity index (χ1) is 12.6. The van der Waals surface area contributed by atoms with Crippen molar-refractivity contribution >= 4 is 5.91 Å². The predicted molar refractivity (Wildman–Crippen MR) is 100.0 cm³/mol. The fourth-order valence-corrected chi connectivity index (χ4v) is 3.07. The number of hydrogen-bond acceptors (Lipinski definition) is 5. The summed E-state index contributed by atoms with van der Waals surface area (Å²) in [5, 5.41) is 3.01. The third kappa shape index (κ3) is 5.02. The molecule has 1 N–H and O–H groups in total. The van der Waals surface area contributed by atoms with Gasteiger partial charge in [0.1, 0.15) is 5.75 Å². The second-order valence-electron chi connectivity index (χ2n) is 6.83. The van der Waals surface area contributed by atoms with Gasteiger partial charge in [-0.15, -0.1) is 0 Å². The normalized spacial score (nSPS) is 15.6. The Balaban J connectivity index is 1.57. The van der Waals surface area contributed by atoms with Crippen LogP contribution < -0.4 is 10.1 Å². The summed E-state index contributed by atoms with van der Waals surface area (Å²) in [6.07, 6.45) is 5.82. The molecule has 138 valence electrons. The molecule has 1 aliphatic heterocycles. The zero-order chi connectivity index (χ0) is 18.4. The smallest absolute Gasteiger partial charge is 0.224 e. The van der Waals surface area contributed by atoms with Gasteiger partial charge < -0.3 is 15.0 Å². The van der Waals surface area contributed by atoms with Crippen LogP contribution in [0.4, 0.5) is 0 Å². The topological polar surface area (TPSA) is 67.3 Å². The highest BCUT2D eigenvalue weighted by Crippen LogP contribution is 2.22. The Morgan fingerprint density at radius 1 is 1.27 bits per heavy atom. The zero-order valence-electron chi connectivity index (χ0n) is 15.4. The molecule has 6 heteroatoms. The number of likely N-dealkylation sites (tertiary alicyclic amines) is 1. The van der Waals surface area contributed by atoms with E-state index in [1.165, 1.54) is 12.8 Å². The minimum atomic E-state index is -0.0320. The number of rotatable bonds is 7. The molecule has 0 aromatic carbocycles. The predicted octanol–water partition coefficient (Wildman–Crippen LogP) is 2.93. The molecule has 6 nitrogen and oxygen atoms in total. The fourth-order valence-electron chi connectivity index (χ4n) is 3.07. The molecule has 1 aliphatic rings. The van der Waals surface area contributed by atoms with E-state index in [4.69, 9.17) is 4.74 Å². The van der Waals surface area contributed by atoms with Crippen LogP contribution in [-0.4, -0.2) is 40.4 Å². The van der Waals surface area contributed by atoms with Crippen LogP contribution >= 0.6 is 0 Å². The Morgan fingerprint density at radius 2 is 2.08 bits per heavy atom. The van der Waals surface area contributed by atoms with Gasteiger partial charge in [0.2, 0.25) is 11.8 Å². The van der Waals surface area contributed by atoms with Crippen LogP contribution in [0.2, 0.25) is 0 Å². The monoisotopic (exact) mass is 354 g/mol. The summed E-state index contributed by atoms with van der Waals surface area (Å²) >= 11 is 0. The molecule has 3 heterocycles. The van der Waals surface area contributed by atoms with Gasteiger partial charge in [-0.05, 0) is 51.1 Å². The molecule has 0 aliphatic carbocycles. The fraction of sp³-hybridized carbons (Fsp3) is 0.450. The van der Waals surface area contributed by atoms with Crippen LogP contribution in [0, 0.1) is 12.8 Å². The van der Waals surface area contributed by atoms with E-state index >= 15 is 0 Å². The van der Waals surface area contributed by atoms with Crippen molar-refractivity contribution in [2.24, 2.45) is 5.92 Å². The summed E-state index contributed by atoms with van der Waals surface area (Å²) in [5.74, 6) is 1.15. The maximum atomic E-state index is 12.4. The summed E-state index contributed by atoms with van der Waals surface area (Å²) in [4.78, 5) is 23.3. The molecule has 1 atom stereocenters. The van der Waals surface area contributed by atoms with Gasteiger partial charge in [-0.3, -0.25) is 9.78 Å². The first-order valence-corrected chi connectivity index (χ1v) is 9.16. The molecule has 2 aromatic heterocycles. The first kappa shape index (κ1) is 18.3. The third-order valence-corrected chi connectivity index (χ3v) is 4.58. The molecular weight excluding hydrogens is 328 g/mol. The number of carbonyl (C=O) groups excluding carboxylic acids is 1. The van der Waals surface area contributed by atoms with Crippen molar-refractivity contribution in [2.75, 3.05) is 19.6 Å². The van der Waals surface area contributed by atoms with E-state index in [2.05, 4.69) is 20.2 Å². The van der Waals surface area contributed by atoms with Crippen molar-refractivity contribution < 1.29 is 9.53 Å². The summed E-state index contributed by atoms with van der Waals surface area (Å²) in [6, 6.07) is 7.50.